The van der Waals surface area contributed by atoms with Crippen molar-refractivity contribution >= 4 is 17.6 Å². The van der Waals surface area contributed by atoms with Crippen molar-refractivity contribution in [3.8, 4) is 0 Å². The molecule has 0 saturated heterocycles. The first-order chi connectivity index (χ1) is 11.6. The van der Waals surface area contributed by atoms with Crippen LogP contribution in [0.25, 0.3) is 0 Å². The van der Waals surface area contributed by atoms with E-state index < -0.39 is 0 Å². The zero-order valence-corrected chi connectivity index (χ0v) is 13.8. The SMILES string of the molecule is CNC(=O)c1ccc(NC(=O)NC2Cc3ccccc3C2)c(C)c1. The third-order valence-electron chi connectivity index (χ3n) is 4.35. The van der Waals surface area contributed by atoms with Gasteiger partial charge in [0.1, 0.15) is 0 Å². The molecular weight excluding hydrogens is 302 g/mol. The summed E-state index contributed by atoms with van der Waals surface area (Å²) in [5.74, 6) is -0.141. The molecule has 1 aliphatic rings. The Bertz CT molecular complexity index is 761. The topological polar surface area (TPSA) is 70.2 Å². The molecule has 5 nitrogen and oxygen atoms in total. The molecule has 0 radical (unpaired) electrons. The van der Waals surface area contributed by atoms with Crippen molar-refractivity contribution < 1.29 is 9.59 Å². The highest BCUT2D eigenvalue weighted by Crippen LogP contribution is 2.22. The van der Waals surface area contributed by atoms with Gasteiger partial charge in [-0.15, -0.1) is 0 Å². The number of aryl methyl sites for hydroxylation is 1. The second-order valence-corrected chi connectivity index (χ2v) is 6.08. The van der Waals surface area contributed by atoms with Crippen LogP contribution in [0.3, 0.4) is 0 Å². The van der Waals surface area contributed by atoms with Gasteiger partial charge in [0.05, 0.1) is 0 Å². The van der Waals surface area contributed by atoms with Crippen LogP contribution in [0.2, 0.25) is 0 Å². The van der Waals surface area contributed by atoms with Crippen molar-refractivity contribution in [3.63, 3.8) is 0 Å². The lowest BCUT2D eigenvalue weighted by molar-refractivity contribution is 0.0963. The van der Waals surface area contributed by atoms with Crippen LogP contribution in [-0.2, 0) is 12.8 Å². The maximum Gasteiger partial charge on any atom is 0.319 e. The summed E-state index contributed by atoms with van der Waals surface area (Å²) in [6.45, 7) is 1.87. The quantitative estimate of drug-likeness (QED) is 0.813. The number of hydrogen-bond acceptors (Lipinski definition) is 2. The van der Waals surface area contributed by atoms with Crippen LogP contribution in [0.4, 0.5) is 10.5 Å². The van der Waals surface area contributed by atoms with Gasteiger partial charge in [-0.05, 0) is 54.7 Å². The lowest BCUT2D eigenvalue weighted by Gasteiger charge is -2.15. The van der Waals surface area contributed by atoms with Gasteiger partial charge in [0.2, 0.25) is 0 Å². The molecule has 2 aromatic carbocycles. The number of nitrogens with one attached hydrogen (secondary N) is 3. The monoisotopic (exact) mass is 323 g/mol. The Morgan fingerprint density at radius 2 is 1.71 bits per heavy atom. The minimum atomic E-state index is -0.219. The molecule has 5 heteroatoms. The first kappa shape index (κ1) is 16.1. The maximum absolute atomic E-state index is 12.2. The molecule has 0 aromatic heterocycles. The van der Waals surface area contributed by atoms with Crippen LogP contribution >= 0.6 is 0 Å². The number of carbonyl (C=O) groups is 2. The number of carbonyl (C=O) groups excluding carboxylic acids is 2. The number of amides is 3. The molecule has 0 heterocycles. The standard InChI is InChI=1S/C19H21N3O2/c1-12-9-15(18(23)20-2)7-8-17(12)22-19(24)21-16-10-13-5-3-4-6-14(13)11-16/h3-9,16H,10-11H2,1-2H3,(H,20,23)(H2,21,22,24). The largest absolute Gasteiger partial charge is 0.355 e. The summed E-state index contributed by atoms with van der Waals surface area (Å²) in [5.41, 5.74) is 4.73. The lowest BCUT2D eigenvalue weighted by Crippen LogP contribution is -2.38. The molecule has 124 valence electrons. The van der Waals surface area contributed by atoms with E-state index in [1.807, 2.05) is 19.1 Å². The molecule has 0 aliphatic heterocycles. The molecule has 0 saturated carbocycles. The first-order valence-corrected chi connectivity index (χ1v) is 8.04. The molecule has 0 fully saturated rings. The molecule has 3 rings (SSSR count). The van der Waals surface area contributed by atoms with Crippen LogP contribution in [0.5, 0.6) is 0 Å². The third-order valence-corrected chi connectivity index (χ3v) is 4.35. The molecule has 2 aromatic rings. The summed E-state index contributed by atoms with van der Waals surface area (Å²) >= 11 is 0. The summed E-state index contributed by atoms with van der Waals surface area (Å²) < 4.78 is 0. The van der Waals surface area contributed by atoms with Gasteiger partial charge in [-0.1, -0.05) is 24.3 Å². The maximum atomic E-state index is 12.2. The molecule has 0 unspecified atom stereocenters. The number of hydrogen-bond donors (Lipinski definition) is 3. The van der Waals surface area contributed by atoms with Gasteiger partial charge in [0.25, 0.3) is 5.91 Å². The predicted octanol–water partition coefficient (Wildman–Crippen LogP) is 2.64. The van der Waals surface area contributed by atoms with E-state index in [4.69, 9.17) is 0 Å². The average molecular weight is 323 g/mol. The minimum Gasteiger partial charge on any atom is -0.355 e. The summed E-state index contributed by atoms with van der Waals surface area (Å²) in [6, 6.07) is 13.4. The van der Waals surface area contributed by atoms with Gasteiger partial charge in [-0.2, -0.15) is 0 Å². The fourth-order valence-corrected chi connectivity index (χ4v) is 3.09. The van der Waals surface area contributed by atoms with Gasteiger partial charge < -0.3 is 16.0 Å². The van der Waals surface area contributed by atoms with E-state index in [2.05, 4.69) is 28.1 Å². The van der Waals surface area contributed by atoms with Crippen LogP contribution in [-0.4, -0.2) is 25.0 Å². The van der Waals surface area contributed by atoms with E-state index in [0.717, 1.165) is 18.4 Å². The Hall–Kier alpha value is -2.82. The summed E-state index contributed by atoms with van der Waals surface area (Å²) in [7, 11) is 1.59. The number of anilines is 1. The zero-order chi connectivity index (χ0) is 17.1. The number of benzene rings is 2. The van der Waals surface area contributed by atoms with E-state index in [1.165, 1.54) is 11.1 Å². The average Bonchev–Trinajstić information content (AvgIpc) is 2.98. The molecular formula is C19H21N3O2. The van der Waals surface area contributed by atoms with Gasteiger partial charge in [-0.25, -0.2) is 4.79 Å². The number of rotatable bonds is 3. The molecule has 24 heavy (non-hydrogen) atoms. The van der Waals surface area contributed by atoms with Crippen molar-refractivity contribution in [2.45, 2.75) is 25.8 Å². The third kappa shape index (κ3) is 3.40. The van der Waals surface area contributed by atoms with Crippen LogP contribution in [0.15, 0.2) is 42.5 Å². The van der Waals surface area contributed by atoms with E-state index >= 15 is 0 Å². The highest BCUT2D eigenvalue weighted by atomic mass is 16.2. The molecule has 3 amide bonds. The van der Waals surface area contributed by atoms with E-state index in [-0.39, 0.29) is 18.0 Å². The molecule has 3 N–H and O–H groups in total. The second-order valence-electron chi connectivity index (χ2n) is 6.08. The Morgan fingerprint density at radius 1 is 1.04 bits per heavy atom. The number of urea groups is 1. The van der Waals surface area contributed by atoms with Crippen LogP contribution in [0, 0.1) is 6.92 Å². The van der Waals surface area contributed by atoms with Gasteiger partial charge in [0.15, 0.2) is 0 Å². The van der Waals surface area contributed by atoms with E-state index in [0.29, 0.717) is 11.3 Å². The van der Waals surface area contributed by atoms with Crippen molar-refractivity contribution in [2.75, 3.05) is 12.4 Å². The van der Waals surface area contributed by atoms with Crippen molar-refractivity contribution in [1.82, 2.24) is 10.6 Å². The van der Waals surface area contributed by atoms with Gasteiger partial charge in [0, 0.05) is 24.3 Å². The first-order valence-electron chi connectivity index (χ1n) is 8.04. The lowest BCUT2D eigenvalue weighted by atomic mass is 10.1. The fraction of sp³-hybridized carbons (Fsp3) is 0.263. The van der Waals surface area contributed by atoms with Crippen LogP contribution in [0.1, 0.15) is 27.0 Å². The van der Waals surface area contributed by atoms with Gasteiger partial charge >= 0.3 is 6.03 Å². The molecule has 0 bridgehead atoms. The zero-order valence-electron chi connectivity index (χ0n) is 13.8. The predicted molar refractivity (Wildman–Crippen MR) is 94.4 cm³/mol. The number of fused-ring (bicyclic) bond motifs is 1. The minimum absolute atomic E-state index is 0.118. The normalized spacial score (nSPS) is 13.2. The Balaban J connectivity index is 1.61. The van der Waals surface area contributed by atoms with Crippen molar-refractivity contribution in [2.24, 2.45) is 0 Å². The summed E-state index contributed by atoms with van der Waals surface area (Å²) in [5, 5.41) is 8.47. The van der Waals surface area contributed by atoms with Crippen molar-refractivity contribution in [1.29, 1.82) is 0 Å². The van der Waals surface area contributed by atoms with E-state index in [1.54, 1.807) is 25.2 Å². The summed E-state index contributed by atoms with van der Waals surface area (Å²) in [4.78, 5) is 23.9. The Kier molecular flexibility index (Phi) is 4.51. The Labute approximate surface area is 141 Å². The summed E-state index contributed by atoms with van der Waals surface area (Å²) in [6.07, 6.45) is 1.72. The second kappa shape index (κ2) is 6.74. The van der Waals surface area contributed by atoms with Crippen molar-refractivity contribution in [3.05, 3.63) is 64.7 Å². The Morgan fingerprint density at radius 3 is 2.29 bits per heavy atom. The van der Waals surface area contributed by atoms with Gasteiger partial charge in [-0.3, -0.25) is 4.79 Å². The smallest absolute Gasteiger partial charge is 0.319 e. The van der Waals surface area contributed by atoms with E-state index in [9.17, 15) is 9.59 Å². The highest BCUT2D eigenvalue weighted by molar-refractivity contribution is 5.96. The molecule has 0 spiro atoms. The fourth-order valence-electron chi connectivity index (χ4n) is 3.09. The molecule has 1 aliphatic carbocycles. The van der Waals surface area contributed by atoms with Crippen LogP contribution < -0.4 is 16.0 Å². The highest BCUT2D eigenvalue weighted by Gasteiger charge is 2.22. The molecule has 0 atom stereocenters.